The molecule has 21 heavy (non-hydrogen) atoms. The molecule has 0 aromatic heterocycles. The van der Waals surface area contributed by atoms with Gasteiger partial charge < -0.3 is 0 Å². The summed E-state index contributed by atoms with van der Waals surface area (Å²) in [6.45, 7) is 2.06. The van der Waals surface area contributed by atoms with Crippen LogP contribution in [0.2, 0.25) is 5.02 Å². The van der Waals surface area contributed by atoms with Gasteiger partial charge in [-0.05, 0) is 95.4 Å². The van der Waals surface area contributed by atoms with Crippen molar-refractivity contribution in [1.29, 1.82) is 0 Å². The third-order valence-corrected chi connectivity index (χ3v) is 7.94. The maximum Gasteiger partial charge on any atom is 0.132 e. The highest BCUT2D eigenvalue weighted by molar-refractivity contribution is 9.23. The molecule has 8 heteroatoms. The second kappa shape index (κ2) is 4.99. The molecule has 1 aliphatic carbocycles. The molecule has 120 valence electrons. The van der Waals surface area contributed by atoms with Gasteiger partial charge in [0.15, 0.2) is 0 Å². The van der Waals surface area contributed by atoms with Gasteiger partial charge >= 0.3 is 0 Å². The van der Waals surface area contributed by atoms with Gasteiger partial charge in [-0.1, -0.05) is 18.5 Å². The van der Waals surface area contributed by atoms with Crippen LogP contribution in [-0.2, 0) is 10.2 Å². The number of ketones is 1. The van der Waals surface area contributed by atoms with E-state index in [2.05, 4.69) is 6.92 Å². The van der Waals surface area contributed by atoms with Crippen molar-refractivity contribution in [2.24, 2.45) is 0 Å². The lowest BCUT2D eigenvalue weighted by molar-refractivity contribution is -0.121. The number of rotatable bonds is 2. The highest BCUT2D eigenvalue weighted by atomic mass is 36.6. The van der Waals surface area contributed by atoms with Crippen LogP contribution in [-0.4, -0.2) is 5.78 Å². The normalized spacial score (nSPS) is 22.5. The molecule has 1 aromatic carbocycles. The maximum atomic E-state index is 11.5. The van der Waals surface area contributed by atoms with Crippen molar-refractivity contribution in [3.63, 3.8) is 0 Å². The van der Waals surface area contributed by atoms with Crippen molar-refractivity contribution in [2.45, 2.75) is 42.9 Å². The summed E-state index contributed by atoms with van der Waals surface area (Å²) < 4.78 is -4.91. The van der Waals surface area contributed by atoms with E-state index in [9.17, 15) is 4.79 Å². The van der Waals surface area contributed by atoms with Crippen LogP contribution in [0.1, 0.15) is 38.2 Å². The van der Waals surface area contributed by atoms with Gasteiger partial charge in [0.05, 0.1) is 0 Å². The number of Topliss-reactive ketones (excluding diaryl/α,β-unsaturated/α-hetero) is 1. The predicted molar refractivity (Wildman–Crippen MR) is 97.4 cm³/mol. The fourth-order valence-electron chi connectivity index (χ4n) is 2.50. The van der Waals surface area contributed by atoms with Crippen LogP contribution in [0, 0.1) is 0 Å². The minimum atomic E-state index is -4.91. The monoisotopic (exact) mass is 428 g/mol. The first-order valence-corrected chi connectivity index (χ1v) is 13.2. The van der Waals surface area contributed by atoms with E-state index in [1.165, 1.54) is 6.07 Å². The van der Waals surface area contributed by atoms with Crippen LogP contribution in [0.4, 0.5) is 0 Å². The van der Waals surface area contributed by atoms with E-state index in [-0.39, 0.29) is 16.1 Å². The molecule has 0 N–H and O–H groups in total. The molecule has 0 aliphatic heterocycles. The van der Waals surface area contributed by atoms with E-state index in [1.54, 1.807) is 6.07 Å². The number of hydrogen-bond acceptors (Lipinski definition) is 1. The SMILES string of the molecule is CC1(c2cc(Cl)cc(S(Cl)(Cl)(Cl)(Cl)Cl)c2)CCC(=O)CC1. The Morgan fingerprint density at radius 3 is 2.00 bits per heavy atom. The Morgan fingerprint density at radius 2 is 1.52 bits per heavy atom. The van der Waals surface area contributed by atoms with Gasteiger partial charge in [0.1, 0.15) is 5.78 Å². The first-order chi connectivity index (χ1) is 9.19. The van der Waals surface area contributed by atoms with E-state index in [1.807, 2.05) is 6.07 Å². The molecule has 0 saturated heterocycles. The summed E-state index contributed by atoms with van der Waals surface area (Å²) in [5.74, 6) is 0.270. The molecule has 0 unspecified atom stereocenters. The van der Waals surface area contributed by atoms with Gasteiger partial charge in [0.25, 0.3) is 0 Å². The fourth-order valence-corrected chi connectivity index (χ4v) is 4.84. The molecule has 1 aliphatic rings. The highest BCUT2D eigenvalue weighted by Gasteiger charge is 2.54. The molecule has 0 atom stereocenters. The Labute approximate surface area is 150 Å². The minimum Gasteiger partial charge on any atom is -0.300 e. The Hall–Kier alpha value is 0.980. The summed E-state index contributed by atoms with van der Waals surface area (Å²) in [4.78, 5) is 11.6. The zero-order valence-corrected chi connectivity index (χ0v) is 16.5. The molecule has 0 bridgehead atoms. The molecule has 0 spiro atoms. The van der Waals surface area contributed by atoms with Crippen LogP contribution < -0.4 is 0 Å². The van der Waals surface area contributed by atoms with Crippen LogP contribution in [0.25, 0.3) is 0 Å². The third kappa shape index (κ3) is 4.50. The Morgan fingerprint density at radius 1 is 1.00 bits per heavy atom. The van der Waals surface area contributed by atoms with Gasteiger partial charge in [-0.15, -0.1) is 0 Å². The van der Waals surface area contributed by atoms with E-state index in [0.29, 0.717) is 17.9 Å². The lowest BCUT2D eigenvalue weighted by Crippen LogP contribution is -2.28. The van der Waals surface area contributed by atoms with E-state index in [4.69, 9.17) is 65.0 Å². The minimum absolute atomic E-state index is 0.184. The molecule has 0 radical (unpaired) electrons. The van der Waals surface area contributed by atoms with Gasteiger partial charge in [-0.25, -0.2) is 0 Å². The number of carbonyl (C=O) groups is 1. The summed E-state index contributed by atoms with van der Waals surface area (Å²) in [5, 5.41) is 0.397. The van der Waals surface area contributed by atoms with Crippen molar-refractivity contribution < 1.29 is 4.79 Å². The average Bonchev–Trinajstić information content (AvgIpc) is 2.30. The Kier molecular flexibility index (Phi) is 4.35. The number of halogens is 6. The number of benzene rings is 1. The van der Waals surface area contributed by atoms with Crippen LogP contribution in [0.15, 0.2) is 23.1 Å². The van der Waals surface area contributed by atoms with Crippen molar-refractivity contribution in [3.8, 4) is 0 Å². The van der Waals surface area contributed by atoms with Crippen LogP contribution in [0.3, 0.4) is 0 Å². The molecule has 0 heterocycles. The highest BCUT2D eigenvalue weighted by Crippen LogP contribution is 3.12. The van der Waals surface area contributed by atoms with Crippen LogP contribution >= 0.6 is 69.4 Å². The van der Waals surface area contributed by atoms with Gasteiger partial charge in [0, 0.05) is 27.1 Å². The van der Waals surface area contributed by atoms with Crippen molar-refractivity contribution in [2.75, 3.05) is 0 Å². The second-order valence-corrected chi connectivity index (χ2v) is 24.9. The smallest absolute Gasteiger partial charge is 0.132 e. The first-order valence-electron chi connectivity index (χ1n) is 6.27. The zero-order valence-electron chi connectivity index (χ0n) is 11.1. The lowest BCUT2D eigenvalue weighted by Gasteiger charge is -2.51. The van der Waals surface area contributed by atoms with Gasteiger partial charge in [-0.2, -0.15) is 0 Å². The quantitative estimate of drug-likeness (QED) is 0.468. The van der Waals surface area contributed by atoms with Crippen molar-refractivity contribution in [1.82, 2.24) is 0 Å². The summed E-state index contributed by atoms with van der Waals surface area (Å²) >= 11 is 6.15. The molecule has 0 amide bonds. The summed E-state index contributed by atoms with van der Waals surface area (Å²) in [7, 11) is 30.4. The molecule has 1 nitrogen and oxygen atoms in total. The van der Waals surface area contributed by atoms with E-state index < -0.39 is 4.36 Å². The Bertz CT molecular complexity index is 597. The van der Waals surface area contributed by atoms with Crippen molar-refractivity contribution in [3.05, 3.63) is 28.8 Å². The molecule has 1 aromatic rings. The molecular formula is C13H14Cl6OS. The fraction of sp³-hybridized carbons (Fsp3) is 0.462. The Balaban J connectivity index is 2.53. The van der Waals surface area contributed by atoms with Gasteiger partial charge in [-0.3, -0.25) is 4.79 Å². The molecule has 2 rings (SSSR count). The van der Waals surface area contributed by atoms with Crippen LogP contribution in [0.5, 0.6) is 0 Å². The standard InChI is InChI=1S/C13H14Cl6OS/c1-13(4-2-11(20)3-5-13)9-6-10(14)8-12(7-9)21(15,16,17,18)19/h6-8H,2-5H2,1H3. The topological polar surface area (TPSA) is 17.1 Å². The molecular weight excluding hydrogens is 417 g/mol. The summed E-state index contributed by atoms with van der Waals surface area (Å²) in [5.41, 5.74) is 0.667. The molecule has 1 saturated carbocycles. The van der Waals surface area contributed by atoms with Gasteiger partial charge in [0.2, 0.25) is 0 Å². The maximum absolute atomic E-state index is 11.5. The summed E-state index contributed by atoms with van der Waals surface area (Å²) in [6.07, 6.45) is 2.51. The third-order valence-electron chi connectivity index (χ3n) is 3.92. The largest absolute Gasteiger partial charge is 0.300 e. The van der Waals surface area contributed by atoms with E-state index >= 15 is 0 Å². The number of carbonyl (C=O) groups excluding carboxylic acids is 1. The van der Waals surface area contributed by atoms with Crippen molar-refractivity contribution >= 4 is 75.2 Å². The summed E-state index contributed by atoms with van der Waals surface area (Å²) in [6, 6.07) is 4.97. The van der Waals surface area contributed by atoms with E-state index in [0.717, 1.165) is 18.4 Å². The zero-order chi connectivity index (χ0) is 16.2. The average molecular weight is 431 g/mol. The predicted octanol–water partition coefficient (Wildman–Crippen LogP) is 7.74. The second-order valence-electron chi connectivity index (χ2n) is 5.74. The lowest BCUT2D eigenvalue weighted by atomic mass is 9.71. The molecule has 1 fully saturated rings. The first kappa shape index (κ1) is 18.3. The number of hydrogen-bond donors (Lipinski definition) is 0.